The number of hydrogen-bond donors (Lipinski definition) is 2. The monoisotopic (exact) mass is 443 g/mol. The molecular formula is C24H33N3O5. The average molecular weight is 444 g/mol. The van der Waals surface area contributed by atoms with Gasteiger partial charge in [0.2, 0.25) is 5.91 Å². The first-order valence-corrected chi connectivity index (χ1v) is 11.4. The lowest BCUT2D eigenvalue weighted by Gasteiger charge is -2.36. The summed E-state index contributed by atoms with van der Waals surface area (Å²) in [5.41, 5.74) is 1.79. The second kappa shape index (κ2) is 10.5. The van der Waals surface area contributed by atoms with Gasteiger partial charge in [0.25, 0.3) is 0 Å². The fraction of sp³-hybridized carbons (Fsp3) is 0.583. The maximum Gasteiger partial charge on any atom is 0.219 e. The van der Waals surface area contributed by atoms with E-state index in [0.717, 1.165) is 49.4 Å². The Bertz CT molecular complexity index is 876. The van der Waals surface area contributed by atoms with E-state index in [9.17, 15) is 9.90 Å². The average Bonchev–Trinajstić information content (AvgIpc) is 3.28. The SMILES string of the molecule is COc1ccc(-c2cc(C[C@@H]3CC[C@H](O)[C@@H](CNC4CCN(C(C)=O)CC4)O3)no2)cc1. The molecule has 2 aliphatic rings. The number of carbonyl (C=O) groups excluding carboxylic acids is 1. The molecule has 0 aliphatic carbocycles. The van der Waals surface area contributed by atoms with E-state index >= 15 is 0 Å². The summed E-state index contributed by atoms with van der Waals surface area (Å²) in [7, 11) is 1.64. The van der Waals surface area contributed by atoms with E-state index in [0.29, 0.717) is 31.2 Å². The van der Waals surface area contributed by atoms with Gasteiger partial charge in [-0.3, -0.25) is 4.79 Å². The summed E-state index contributed by atoms with van der Waals surface area (Å²) in [6, 6.07) is 9.98. The Morgan fingerprint density at radius 1 is 1.22 bits per heavy atom. The highest BCUT2D eigenvalue weighted by Crippen LogP contribution is 2.26. The fourth-order valence-electron chi connectivity index (χ4n) is 4.50. The number of amides is 1. The van der Waals surface area contributed by atoms with Crippen LogP contribution in [0.4, 0.5) is 0 Å². The standard InChI is InChI=1S/C24H33N3O5/c1-16(28)27-11-9-18(10-12-27)25-15-24-22(29)8-7-21(31-24)13-19-14-23(32-26-19)17-3-5-20(30-2)6-4-17/h3-6,14,18,21-22,24-25,29H,7-13,15H2,1-2H3/t21-,22-,24+/m0/s1. The zero-order chi connectivity index (χ0) is 22.5. The minimum absolute atomic E-state index is 0.00132. The number of methoxy groups -OCH3 is 1. The van der Waals surface area contributed by atoms with Crippen molar-refractivity contribution in [3.63, 3.8) is 0 Å². The van der Waals surface area contributed by atoms with E-state index in [4.69, 9.17) is 14.0 Å². The van der Waals surface area contributed by atoms with Crippen molar-refractivity contribution in [1.82, 2.24) is 15.4 Å². The van der Waals surface area contributed by atoms with E-state index < -0.39 is 6.10 Å². The van der Waals surface area contributed by atoms with Crippen LogP contribution in [0.25, 0.3) is 11.3 Å². The number of nitrogens with zero attached hydrogens (tertiary/aromatic N) is 2. The minimum Gasteiger partial charge on any atom is -0.497 e. The van der Waals surface area contributed by atoms with Gasteiger partial charge in [-0.05, 0) is 49.9 Å². The number of aliphatic hydroxyl groups is 1. The number of nitrogens with one attached hydrogen (secondary N) is 1. The van der Waals surface area contributed by atoms with E-state index in [1.54, 1.807) is 14.0 Å². The largest absolute Gasteiger partial charge is 0.497 e. The highest BCUT2D eigenvalue weighted by Gasteiger charge is 2.31. The molecule has 2 N–H and O–H groups in total. The van der Waals surface area contributed by atoms with Crippen molar-refractivity contribution in [2.24, 2.45) is 0 Å². The molecule has 2 aliphatic heterocycles. The molecular weight excluding hydrogens is 410 g/mol. The van der Waals surface area contributed by atoms with Crippen LogP contribution in [0.5, 0.6) is 5.75 Å². The Hall–Kier alpha value is -2.42. The zero-order valence-electron chi connectivity index (χ0n) is 18.8. The lowest BCUT2D eigenvalue weighted by atomic mass is 9.97. The van der Waals surface area contributed by atoms with Crippen molar-refractivity contribution in [2.75, 3.05) is 26.7 Å². The first kappa shape index (κ1) is 22.8. The molecule has 0 saturated carbocycles. The lowest BCUT2D eigenvalue weighted by Crippen LogP contribution is -2.50. The van der Waals surface area contributed by atoms with Gasteiger partial charge in [-0.2, -0.15) is 0 Å². The molecule has 1 amide bonds. The molecule has 8 nitrogen and oxygen atoms in total. The van der Waals surface area contributed by atoms with Crippen LogP contribution in [0.1, 0.15) is 38.3 Å². The van der Waals surface area contributed by atoms with Crippen molar-refractivity contribution in [2.45, 2.75) is 63.4 Å². The first-order chi connectivity index (χ1) is 15.5. The number of rotatable bonds is 7. The van der Waals surface area contributed by atoms with Crippen molar-refractivity contribution < 1.29 is 23.9 Å². The van der Waals surface area contributed by atoms with Crippen LogP contribution in [0.3, 0.4) is 0 Å². The second-order valence-corrected chi connectivity index (χ2v) is 8.74. The highest BCUT2D eigenvalue weighted by atomic mass is 16.5. The molecule has 4 rings (SSSR count). The normalized spacial score (nSPS) is 24.5. The number of aliphatic hydroxyl groups excluding tert-OH is 1. The Morgan fingerprint density at radius 3 is 2.66 bits per heavy atom. The predicted molar refractivity (Wildman–Crippen MR) is 119 cm³/mol. The first-order valence-electron chi connectivity index (χ1n) is 11.4. The summed E-state index contributed by atoms with van der Waals surface area (Å²) in [5, 5.41) is 18.2. The van der Waals surface area contributed by atoms with Gasteiger partial charge in [-0.15, -0.1) is 0 Å². The van der Waals surface area contributed by atoms with E-state index in [1.807, 2.05) is 35.2 Å². The fourth-order valence-corrected chi connectivity index (χ4v) is 4.50. The topological polar surface area (TPSA) is 97.1 Å². The predicted octanol–water partition coefficient (Wildman–Crippen LogP) is 2.40. The van der Waals surface area contributed by atoms with Gasteiger partial charge in [0, 0.05) is 50.7 Å². The summed E-state index contributed by atoms with van der Waals surface area (Å²) >= 11 is 0. The Balaban J connectivity index is 1.27. The van der Waals surface area contributed by atoms with Crippen molar-refractivity contribution in [1.29, 1.82) is 0 Å². The molecule has 32 heavy (non-hydrogen) atoms. The molecule has 0 radical (unpaired) electrons. The van der Waals surface area contributed by atoms with Gasteiger partial charge in [0.15, 0.2) is 5.76 Å². The molecule has 2 aromatic rings. The van der Waals surface area contributed by atoms with Crippen molar-refractivity contribution in [3.05, 3.63) is 36.0 Å². The molecule has 8 heteroatoms. The number of carbonyl (C=O) groups is 1. The van der Waals surface area contributed by atoms with Gasteiger partial charge in [-0.1, -0.05) is 5.16 Å². The third-order valence-electron chi connectivity index (χ3n) is 6.50. The zero-order valence-corrected chi connectivity index (χ0v) is 18.8. The molecule has 174 valence electrons. The van der Waals surface area contributed by atoms with E-state index in [2.05, 4.69) is 10.5 Å². The van der Waals surface area contributed by atoms with Crippen LogP contribution in [0.2, 0.25) is 0 Å². The third kappa shape index (κ3) is 5.68. The van der Waals surface area contributed by atoms with Crippen LogP contribution in [0.15, 0.2) is 34.9 Å². The molecule has 0 unspecified atom stereocenters. The summed E-state index contributed by atoms with van der Waals surface area (Å²) in [4.78, 5) is 13.4. The minimum atomic E-state index is -0.469. The molecule has 3 atom stereocenters. The Morgan fingerprint density at radius 2 is 1.97 bits per heavy atom. The van der Waals surface area contributed by atoms with Crippen molar-refractivity contribution in [3.8, 4) is 17.1 Å². The summed E-state index contributed by atoms with van der Waals surface area (Å²) in [6.45, 7) is 3.80. The maximum atomic E-state index is 11.5. The van der Waals surface area contributed by atoms with Crippen LogP contribution < -0.4 is 10.1 Å². The van der Waals surface area contributed by atoms with Gasteiger partial charge < -0.3 is 29.3 Å². The van der Waals surface area contributed by atoms with Gasteiger partial charge in [0.1, 0.15) is 5.75 Å². The summed E-state index contributed by atoms with van der Waals surface area (Å²) in [6.07, 6.45) is 3.30. The van der Waals surface area contributed by atoms with Crippen LogP contribution in [0, 0.1) is 0 Å². The molecule has 1 aromatic heterocycles. The number of piperidine rings is 1. The molecule has 2 saturated heterocycles. The molecule has 0 spiro atoms. The van der Waals surface area contributed by atoms with Crippen LogP contribution >= 0.6 is 0 Å². The van der Waals surface area contributed by atoms with Gasteiger partial charge in [0.05, 0.1) is 31.1 Å². The van der Waals surface area contributed by atoms with E-state index in [-0.39, 0.29) is 18.1 Å². The number of benzene rings is 1. The third-order valence-corrected chi connectivity index (χ3v) is 6.50. The van der Waals surface area contributed by atoms with E-state index in [1.165, 1.54) is 0 Å². The number of aromatic nitrogens is 1. The molecule has 2 fully saturated rings. The molecule has 3 heterocycles. The quantitative estimate of drug-likeness (QED) is 0.678. The maximum absolute atomic E-state index is 11.5. The second-order valence-electron chi connectivity index (χ2n) is 8.74. The van der Waals surface area contributed by atoms with Crippen LogP contribution in [-0.2, 0) is 16.0 Å². The lowest BCUT2D eigenvalue weighted by molar-refractivity contribution is -0.130. The summed E-state index contributed by atoms with van der Waals surface area (Å²) in [5.74, 6) is 1.65. The molecule has 1 aromatic carbocycles. The number of ether oxygens (including phenoxy) is 2. The molecule has 0 bridgehead atoms. The Kier molecular flexibility index (Phi) is 7.44. The smallest absolute Gasteiger partial charge is 0.219 e. The van der Waals surface area contributed by atoms with Crippen LogP contribution in [-0.4, -0.2) is 72.2 Å². The Labute approximate surface area is 188 Å². The van der Waals surface area contributed by atoms with Gasteiger partial charge >= 0.3 is 0 Å². The highest BCUT2D eigenvalue weighted by molar-refractivity contribution is 5.73. The number of hydrogen-bond acceptors (Lipinski definition) is 7. The van der Waals surface area contributed by atoms with Gasteiger partial charge in [-0.25, -0.2) is 0 Å². The summed E-state index contributed by atoms with van der Waals surface area (Å²) < 4.78 is 17.0. The number of likely N-dealkylation sites (tertiary alicyclic amines) is 1. The van der Waals surface area contributed by atoms with Crippen molar-refractivity contribution >= 4 is 5.91 Å².